The molecule has 3 aromatic rings. The van der Waals surface area contributed by atoms with Crippen LogP contribution in [0.3, 0.4) is 0 Å². The maximum atomic E-state index is 12.4. The normalized spacial score (nSPS) is 10.3. The lowest BCUT2D eigenvalue weighted by Gasteiger charge is -2.10. The van der Waals surface area contributed by atoms with Gasteiger partial charge in [0, 0.05) is 23.1 Å². The van der Waals surface area contributed by atoms with Crippen molar-refractivity contribution >= 4 is 34.8 Å². The molecule has 26 heavy (non-hydrogen) atoms. The van der Waals surface area contributed by atoms with E-state index < -0.39 is 0 Å². The molecule has 3 rings (SSSR count). The van der Waals surface area contributed by atoms with Gasteiger partial charge in [-0.3, -0.25) is 4.79 Å². The second kappa shape index (κ2) is 7.84. The van der Waals surface area contributed by atoms with E-state index in [1.807, 2.05) is 31.2 Å². The monoisotopic (exact) mass is 368 g/mol. The number of aromatic nitrogens is 2. The van der Waals surface area contributed by atoms with Crippen molar-refractivity contribution in [3.05, 3.63) is 71.0 Å². The molecule has 0 spiro atoms. The first kappa shape index (κ1) is 17.7. The molecule has 1 amide bonds. The Bertz CT molecular complexity index is 929. The number of anilines is 3. The minimum Gasteiger partial charge on any atom is -0.495 e. The third-order valence-corrected chi connectivity index (χ3v) is 3.95. The Morgan fingerprint density at radius 2 is 1.81 bits per heavy atom. The largest absolute Gasteiger partial charge is 0.495 e. The van der Waals surface area contributed by atoms with Crippen LogP contribution in [0.5, 0.6) is 5.75 Å². The first-order valence-electron chi connectivity index (χ1n) is 7.86. The van der Waals surface area contributed by atoms with Gasteiger partial charge in [0.1, 0.15) is 5.75 Å². The molecule has 132 valence electrons. The van der Waals surface area contributed by atoms with Crippen molar-refractivity contribution in [3.8, 4) is 5.75 Å². The van der Waals surface area contributed by atoms with Gasteiger partial charge in [-0.2, -0.15) is 0 Å². The lowest BCUT2D eigenvalue weighted by Crippen LogP contribution is -2.13. The number of nitrogens with one attached hydrogen (secondary N) is 2. The molecule has 0 aliphatic rings. The number of aryl methyl sites for hydroxylation is 1. The maximum absolute atomic E-state index is 12.4. The summed E-state index contributed by atoms with van der Waals surface area (Å²) in [6.07, 6.45) is 2.92. The van der Waals surface area contributed by atoms with E-state index in [-0.39, 0.29) is 5.91 Å². The average Bonchev–Trinajstić information content (AvgIpc) is 2.65. The molecule has 1 aromatic heterocycles. The van der Waals surface area contributed by atoms with Crippen LogP contribution in [0.15, 0.2) is 54.9 Å². The van der Waals surface area contributed by atoms with Crippen LogP contribution in [0.1, 0.15) is 15.9 Å². The van der Waals surface area contributed by atoms with Gasteiger partial charge < -0.3 is 15.4 Å². The van der Waals surface area contributed by atoms with Crippen molar-refractivity contribution in [2.45, 2.75) is 6.92 Å². The lowest BCUT2D eigenvalue weighted by atomic mass is 10.2. The van der Waals surface area contributed by atoms with Crippen LogP contribution in [0, 0.1) is 6.92 Å². The summed E-state index contributed by atoms with van der Waals surface area (Å²) < 4.78 is 5.22. The van der Waals surface area contributed by atoms with E-state index in [4.69, 9.17) is 16.3 Å². The number of carbonyl (C=O) groups excluding carboxylic acids is 1. The Morgan fingerprint density at radius 1 is 1.08 bits per heavy atom. The molecule has 0 unspecified atom stereocenters. The fourth-order valence-corrected chi connectivity index (χ4v) is 2.47. The van der Waals surface area contributed by atoms with E-state index in [0.717, 1.165) is 11.3 Å². The highest BCUT2D eigenvalue weighted by molar-refractivity contribution is 6.30. The summed E-state index contributed by atoms with van der Waals surface area (Å²) in [6, 6.07) is 12.7. The molecule has 0 aliphatic heterocycles. The van der Waals surface area contributed by atoms with Gasteiger partial charge in [-0.05, 0) is 36.8 Å². The summed E-state index contributed by atoms with van der Waals surface area (Å²) in [6.45, 7) is 1.95. The standard InChI is InChI=1S/C19H17ClN4O2/c1-12-7-8-14(20)9-16(12)24-19-21-10-13(11-22-19)18(25)23-15-5-3-4-6-17(15)26-2/h3-11H,1-2H3,(H,23,25)(H,21,22,24). The number of hydrogen-bond donors (Lipinski definition) is 2. The van der Waals surface area contributed by atoms with Crippen molar-refractivity contribution in [2.75, 3.05) is 17.7 Å². The van der Waals surface area contributed by atoms with Gasteiger partial charge in [-0.15, -0.1) is 0 Å². The van der Waals surface area contributed by atoms with E-state index in [2.05, 4.69) is 20.6 Å². The van der Waals surface area contributed by atoms with Gasteiger partial charge in [0.25, 0.3) is 5.91 Å². The molecular weight excluding hydrogens is 352 g/mol. The number of amides is 1. The van der Waals surface area contributed by atoms with Crippen molar-refractivity contribution in [2.24, 2.45) is 0 Å². The predicted molar refractivity (Wildman–Crippen MR) is 102 cm³/mol. The second-order valence-corrected chi connectivity index (χ2v) is 5.97. The summed E-state index contributed by atoms with van der Waals surface area (Å²) in [5.74, 6) is 0.640. The quantitative estimate of drug-likeness (QED) is 0.696. The van der Waals surface area contributed by atoms with Crippen molar-refractivity contribution in [1.82, 2.24) is 9.97 Å². The highest BCUT2D eigenvalue weighted by atomic mass is 35.5. The Hall–Kier alpha value is -3.12. The summed E-state index contributed by atoms with van der Waals surface area (Å²) in [5, 5.41) is 6.49. The summed E-state index contributed by atoms with van der Waals surface area (Å²) in [7, 11) is 1.55. The topological polar surface area (TPSA) is 76.1 Å². The number of benzene rings is 2. The Labute approximate surface area is 156 Å². The van der Waals surface area contributed by atoms with Crippen LogP contribution in [-0.2, 0) is 0 Å². The van der Waals surface area contributed by atoms with Crippen molar-refractivity contribution in [3.63, 3.8) is 0 Å². The third-order valence-electron chi connectivity index (χ3n) is 3.72. The van der Waals surface area contributed by atoms with Gasteiger partial charge in [0.15, 0.2) is 0 Å². The molecule has 0 radical (unpaired) electrons. The Balaban J connectivity index is 1.73. The fourth-order valence-electron chi connectivity index (χ4n) is 2.30. The molecule has 2 N–H and O–H groups in total. The SMILES string of the molecule is COc1ccccc1NC(=O)c1cnc(Nc2cc(Cl)ccc2C)nc1. The Kier molecular flexibility index (Phi) is 5.34. The minimum absolute atomic E-state index is 0.319. The Morgan fingerprint density at radius 3 is 2.54 bits per heavy atom. The first-order valence-corrected chi connectivity index (χ1v) is 8.24. The average molecular weight is 369 g/mol. The number of rotatable bonds is 5. The van der Waals surface area contributed by atoms with E-state index >= 15 is 0 Å². The first-order chi connectivity index (χ1) is 12.6. The molecule has 0 aliphatic carbocycles. The molecule has 6 nitrogen and oxygen atoms in total. The molecule has 2 aromatic carbocycles. The van der Waals surface area contributed by atoms with Gasteiger partial charge in [-0.1, -0.05) is 29.8 Å². The number of methoxy groups -OCH3 is 1. The van der Waals surface area contributed by atoms with Crippen LogP contribution < -0.4 is 15.4 Å². The van der Waals surface area contributed by atoms with Crippen LogP contribution >= 0.6 is 11.6 Å². The van der Waals surface area contributed by atoms with E-state index in [0.29, 0.717) is 28.0 Å². The van der Waals surface area contributed by atoms with E-state index in [1.165, 1.54) is 12.4 Å². The van der Waals surface area contributed by atoms with Crippen molar-refractivity contribution in [1.29, 1.82) is 0 Å². The summed E-state index contributed by atoms with van der Waals surface area (Å²) >= 11 is 6.01. The molecule has 7 heteroatoms. The molecule has 0 saturated carbocycles. The zero-order valence-corrected chi connectivity index (χ0v) is 15.0. The second-order valence-electron chi connectivity index (χ2n) is 5.53. The van der Waals surface area contributed by atoms with Crippen LogP contribution in [0.2, 0.25) is 5.02 Å². The third kappa shape index (κ3) is 4.10. The molecule has 0 fully saturated rings. The number of hydrogen-bond acceptors (Lipinski definition) is 5. The minimum atomic E-state index is -0.319. The van der Waals surface area contributed by atoms with E-state index in [9.17, 15) is 4.79 Å². The number of nitrogens with zero attached hydrogens (tertiary/aromatic N) is 2. The zero-order valence-electron chi connectivity index (χ0n) is 14.3. The number of para-hydroxylation sites is 2. The molecular formula is C19H17ClN4O2. The van der Waals surface area contributed by atoms with Crippen molar-refractivity contribution < 1.29 is 9.53 Å². The lowest BCUT2D eigenvalue weighted by molar-refractivity contribution is 0.102. The molecule has 1 heterocycles. The number of ether oxygens (including phenoxy) is 1. The molecule has 0 atom stereocenters. The predicted octanol–water partition coefficient (Wildman–Crippen LogP) is 4.44. The molecule has 0 saturated heterocycles. The smallest absolute Gasteiger partial charge is 0.258 e. The number of carbonyl (C=O) groups is 1. The summed E-state index contributed by atoms with van der Waals surface area (Å²) in [5.41, 5.74) is 2.74. The zero-order chi connectivity index (χ0) is 18.5. The highest BCUT2D eigenvalue weighted by Crippen LogP contribution is 2.24. The van der Waals surface area contributed by atoms with Gasteiger partial charge in [-0.25, -0.2) is 9.97 Å². The van der Waals surface area contributed by atoms with Gasteiger partial charge in [0.2, 0.25) is 5.95 Å². The maximum Gasteiger partial charge on any atom is 0.258 e. The van der Waals surface area contributed by atoms with Gasteiger partial charge >= 0.3 is 0 Å². The fraction of sp³-hybridized carbons (Fsp3) is 0.105. The van der Waals surface area contributed by atoms with Crippen LogP contribution in [0.4, 0.5) is 17.3 Å². The van der Waals surface area contributed by atoms with E-state index in [1.54, 1.807) is 25.3 Å². The van der Waals surface area contributed by atoms with Crippen LogP contribution in [-0.4, -0.2) is 23.0 Å². The van der Waals surface area contributed by atoms with Crippen LogP contribution in [0.25, 0.3) is 0 Å². The number of halogens is 1. The molecule has 0 bridgehead atoms. The van der Waals surface area contributed by atoms with Gasteiger partial charge in [0.05, 0.1) is 18.4 Å². The summed E-state index contributed by atoms with van der Waals surface area (Å²) in [4.78, 5) is 20.8. The highest BCUT2D eigenvalue weighted by Gasteiger charge is 2.11.